The maximum absolute atomic E-state index is 12.2. The highest BCUT2D eigenvalue weighted by molar-refractivity contribution is 5.83. The van der Waals surface area contributed by atoms with Gasteiger partial charge in [0.2, 0.25) is 11.8 Å². The Kier molecular flexibility index (Phi) is 31.9. The van der Waals surface area contributed by atoms with Gasteiger partial charge in [-0.05, 0) is 39.0 Å². The highest BCUT2D eigenvalue weighted by atomic mass is 16.6. The third-order valence-electron chi connectivity index (χ3n) is 7.44. The number of carbonyl (C=O) groups is 4. The SMILES string of the molecule is CC(O)CCOCCOCCOCCOCCNC(=O)CCC[C@H](NC(=O)CCCCCCCCCCCCCCC(=O)O)C(=O)O. The molecule has 0 radical (unpaired) electrons. The molecular weight excluding hydrogens is 612 g/mol. The lowest BCUT2D eigenvalue weighted by Crippen LogP contribution is -2.40. The van der Waals surface area contributed by atoms with Crippen molar-refractivity contribution < 1.29 is 53.4 Å². The summed E-state index contributed by atoms with van der Waals surface area (Å²) < 4.78 is 21.5. The molecule has 0 rings (SSSR count). The van der Waals surface area contributed by atoms with Crippen molar-refractivity contribution >= 4 is 23.8 Å². The summed E-state index contributed by atoms with van der Waals surface area (Å²) >= 11 is 0. The molecule has 0 heterocycles. The van der Waals surface area contributed by atoms with Gasteiger partial charge in [0.1, 0.15) is 6.04 Å². The van der Waals surface area contributed by atoms with E-state index in [0.29, 0.717) is 78.7 Å². The predicted molar refractivity (Wildman–Crippen MR) is 178 cm³/mol. The van der Waals surface area contributed by atoms with E-state index in [0.717, 1.165) is 51.4 Å². The first-order chi connectivity index (χ1) is 22.7. The second-order valence-corrected chi connectivity index (χ2v) is 11.9. The summed E-state index contributed by atoms with van der Waals surface area (Å²) in [5, 5.41) is 32.6. The zero-order valence-electron chi connectivity index (χ0n) is 28.9. The van der Waals surface area contributed by atoms with Crippen molar-refractivity contribution in [3.63, 3.8) is 0 Å². The highest BCUT2D eigenvalue weighted by Crippen LogP contribution is 2.13. The van der Waals surface area contributed by atoms with Crippen molar-refractivity contribution in [3.8, 4) is 0 Å². The van der Waals surface area contributed by atoms with Gasteiger partial charge in [-0.25, -0.2) is 4.79 Å². The average Bonchev–Trinajstić information content (AvgIpc) is 3.02. The molecule has 0 bridgehead atoms. The quantitative estimate of drug-likeness (QED) is 0.0597. The van der Waals surface area contributed by atoms with Crippen molar-refractivity contribution in [2.75, 3.05) is 59.4 Å². The molecule has 0 saturated heterocycles. The van der Waals surface area contributed by atoms with Crippen LogP contribution in [0, 0.1) is 0 Å². The number of rotatable bonds is 36. The van der Waals surface area contributed by atoms with Gasteiger partial charge in [0.25, 0.3) is 0 Å². The third kappa shape index (κ3) is 34.8. The van der Waals surface area contributed by atoms with E-state index < -0.39 is 18.0 Å². The number of aliphatic hydroxyl groups excluding tert-OH is 1. The van der Waals surface area contributed by atoms with Gasteiger partial charge in [0, 0.05) is 32.4 Å². The van der Waals surface area contributed by atoms with Gasteiger partial charge < -0.3 is 44.9 Å². The van der Waals surface area contributed by atoms with Gasteiger partial charge in [0.15, 0.2) is 0 Å². The average molecular weight is 677 g/mol. The van der Waals surface area contributed by atoms with E-state index in [1.54, 1.807) is 6.92 Å². The van der Waals surface area contributed by atoms with Crippen LogP contribution in [0.15, 0.2) is 0 Å². The molecule has 5 N–H and O–H groups in total. The Labute approximate surface area is 281 Å². The highest BCUT2D eigenvalue weighted by Gasteiger charge is 2.19. The van der Waals surface area contributed by atoms with Gasteiger partial charge in [-0.3, -0.25) is 14.4 Å². The summed E-state index contributed by atoms with van der Waals surface area (Å²) in [4.78, 5) is 46.4. The first-order valence-electron chi connectivity index (χ1n) is 17.7. The fraction of sp³-hybridized carbons (Fsp3) is 0.882. The number of aliphatic hydroxyl groups is 1. The van der Waals surface area contributed by atoms with Crippen LogP contribution in [0.25, 0.3) is 0 Å². The molecule has 13 heteroatoms. The predicted octanol–water partition coefficient (Wildman–Crippen LogP) is 4.23. The Hall–Kier alpha value is -2.32. The summed E-state index contributed by atoms with van der Waals surface area (Å²) in [5.74, 6) is -2.28. The van der Waals surface area contributed by atoms with Crippen LogP contribution in [0.2, 0.25) is 0 Å². The van der Waals surface area contributed by atoms with Crippen molar-refractivity contribution in [2.24, 2.45) is 0 Å². The lowest BCUT2D eigenvalue weighted by atomic mass is 10.0. The van der Waals surface area contributed by atoms with Crippen LogP contribution < -0.4 is 10.6 Å². The van der Waals surface area contributed by atoms with Crippen LogP contribution in [0.3, 0.4) is 0 Å². The monoisotopic (exact) mass is 676 g/mol. The Morgan fingerprint density at radius 3 is 1.43 bits per heavy atom. The standard InChI is InChI=1S/C34H64N2O11/c1-29(37)19-21-44-23-25-46-27-28-47-26-24-45-22-20-35-31(38)17-14-15-30(34(42)43)36-32(39)16-12-10-8-6-4-2-3-5-7-9-11-13-18-33(40)41/h29-30,37H,2-28H2,1H3,(H,35,38)(H,36,39)(H,40,41)(H,42,43)/t29?,30-/m0/s1. The van der Waals surface area contributed by atoms with Gasteiger partial charge in [0.05, 0.1) is 52.4 Å². The van der Waals surface area contributed by atoms with E-state index in [4.69, 9.17) is 29.2 Å². The topological polar surface area (TPSA) is 190 Å². The number of ether oxygens (including phenoxy) is 4. The molecule has 2 atom stereocenters. The molecule has 0 aromatic heterocycles. The first-order valence-corrected chi connectivity index (χ1v) is 17.7. The van der Waals surface area contributed by atoms with Gasteiger partial charge in [-0.2, -0.15) is 0 Å². The summed E-state index contributed by atoms with van der Waals surface area (Å²) in [7, 11) is 0. The minimum atomic E-state index is -1.10. The molecule has 0 aliphatic carbocycles. The van der Waals surface area contributed by atoms with Crippen LogP contribution in [0.4, 0.5) is 0 Å². The smallest absolute Gasteiger partial charge is 0.326 e. The fourth-order valence-corrected chi connectivity index (χ4v) is 4.69. The first kappa shape index (κ1) is 44.7. The van der Waals surface area contributed by atoms with Crippen LogP contribution in [0.5, 0.6) is 0 Å². The Morgan fingerprint density at radius 2 is 0.957 bits per heavy atom. The van der Waals surface area contributed by atoms with Crippen molar-refractivity contribution in [3.05, 3.63) is 0 Å². The largest absolute Gasteiger partial charge is 0.481 e. The number of carboxylic acid groups (broad SMARTS) is 2. The third-order valence-corrected chi connectivity index (χ3v) is 7.44. The van der Waals surface area contributed by atoms with Crippen LogP contribution in [-0.2, 0) is 38.1 Å². The van der Waals surface area contributed by atoms with E-state index in [1.807, 2.05) is 0 Å². The number of carboxylic acids is 2. The molecule has 0 spiro atoms. The second kappa shape index (κ2) is 33.6. The molecule has 0 aliphatic rings. The zero-order valence-corrected chi connectivity index (χ0v) is 28.9. The van der Waals surface area contributed by atoms with Gasteiger partial charge >= 0.3 is 11.9 Å². The minimum Gasteiger partial charge on any atom is -0.481 e. The number of carbonyl (C=O) groups excluding carboxylic acids is 2. The zero-order chi connectivity index (χ0) is 34.8. The number of hydrogen-bond donors (Lipinski definition) is 5. The van der Waals surface area contributed by atoms with Crippen molar-refractivity contribution in [1.29, 1.82) is 0 Å². The summed E-state index contributed by atoms with van der Waals surface area (Å²) in [6, 6.07) is -1.00. The number of unbranched alkanes of at least 4 members (excludes halogenated alkanes) is 11. The number of nitrogens with one attached hydrogen (secondary N) is 2. The van der Waals surface area contributed by atoms with Crippen molar-refractivity contribution in [1.82, 2.24) is 10.6 Å². The Bertz CT molecular complexity index is 783. The molecule has 0 aliphatic heterocycles. The van der Waals surface area contributed by atoms with Crippen molar-refractivity contribution in [2.45, 2.75) is 135 Å². The minimum absolute atomic E-state index is 0.168. The summed E-state index contributed by atoms with van der Waals surface area (Å²) in [6.45, 7) is 5.54. The maximum atomic E-state index is 12.2. The molecule has 13 nitrogen and oxygen atoms in total. The number of aliphatic carboxylic acids is 2. The van der Waals surface area contributed by atoms with E-state index in [9.17, 15) is 24.3 Å². The van der Waals surface area contributed by atoms with E-state index in [2.05, 4.69) is 10.6 Å². The molecule has 47 heavy (non-hydrogen) atoms. The maximum Gasteiger partial charge on any atom is 0.326 e. The normalized spacial score (nSPS) is 12.5. The second-order valence-electron chi connectivity index (χ2n) is 11.9. The lowest BCUT2D eigenvalue weighted by Gasteiger charge is -2.14. The van der Waals surface area contributed by atoms with Gasteiger partial charge in [-0.1, -0.05) is 64.2 Å². The molecule has 0 saturated carbocycles. The number of amides is 2. The Balaban J connectivity index is 3.61. The molecule has 276 valence electrons. The molecule has 0 aromatic rings. The van der Waals surface area contributed by atoms with Gasteiger partial charge in [-0.15, -0.1) is 0 Å². The molecule has 0 fully saturated rings. The molecule has 0 aromatic carbocycles. The summed E-state index contributed by atoms with van der Waals surface area (Å²) in [6.07, 6.45) is 14.1. The van der Waals surface area contributed by atoms with Crippen LogP contribution in [0.1, 0.15) is 122 Å². The fourth-order valence-electron chi connectivity index (χ4n) is 4.69. The van der Waals surface area contributed by atoms with Crippen LogP contribution >= 0.6 is 0 Å². The lowest BCUT2D eigenvalue weighted by molar-refractivity contribution is -0.142. The van der Waals surface area contributed by atoms with Crippen LogP contribution in [-0.4, -0.2) is 111 Å². The van der Waals surface area contributed by atoms with E-state index in [1.165, 1.54) is 25.7 Å². The van der Waals surface area contributed by atoms with E-state index >= 15 is 0 Å². The number of hydrogen-bond acceptors (Lipinski definition) is 9. The van der Waals surface area contributed by atoms with E-state index in [-0.39, 0.29) is 37.2 Å². The molecule has 1 unspecified atom stereocenters. The Morgan fingerprint density at radius 1 is 0.532 bits per heavy atom. The molecular formula is C34H64N2O11. The summed E-state index contributed by atoms with van der Waals surface area (Å²) in [5.41, 5.74) is 0. The molecule has 2 amide bonds.